The number of hydrogen-bond donors (Lipinski definition) is 2. The zero-order chi connectivity index (χ0) is 29.9. The number of tetrazole rings is 1. The lowest BCUT2D eigenvalue weighted by molar-refractivity contribution is -0.127. The second-order valence-electron chi connectivity index (χ2n) is 10.7. The second-order valence-corrected chi connectivity index (χ2v) is 10.7. The first-order valence-electron chi connectivity index (χ1n) is 13.1. The molecule has 13 heteroatoms. The van der Waals surface area contributed by atoms with Crippen molar-refractivity contribution in [2.45, 2.75) is 64.3 Å². The molecule has 41 heavy (non-hydrogen) atoms. The molecule has 218 valence electrons. The van der Waals surface area contributed by atoms with Crippen molar-refractivity contribution in [2.75, 3.05) is 19.8 Å². The summed E-state index contributed by atoms with van der Waals surface area (Å²) in [5.74, 6) is 0.877. The Bertz CT molecular complexity index is 1300. The van der Waals surface area contributed by atoms with E-state index in [9.17, 15) is 9.59 Å². The minimum atomic E-state index is -1.34. The van der Waals surface area contributed by atoms with Crippen molar-refractivity contribution >= 4 is 12.0 Å². The van der Waals surface area contributed by atoms with Gasteiger partial charge in [0.15, 0.2) is 11.9 Å². The van der Waals surface area contributed by atoms with Crippen molar-refractivity contribution in [3.63, 3.8) is 0 Å². The summed E-state index contributed by atoms with van der Waals surface area (Å²) < 4.78 is 18.5. The van der Waals surface area contributed by atoms with E-state index in [2.05, 4.69) is 36.0 Å². The number of rotatable bonds is 13. The predicted octanol–water partition coefficient (Wildman–Crippen LogP) is 3.54. The molecule has 0 aliphatic rings. The number of hydrogen-bond acceptors (Lipinski definition) is 9. The van der Waals surface area contributed by atoms with E-state index in [0.717, 1.165) is 0 Å². The lowest BCUT2D eigenvalue weighted by Gasteiger charge is -2.29. The van der Waals surface area contributed by atoms with Crippen molar-refractivity contribution < 1.29 is 23.8 Å². The van der Waals surface area contributed by atoms with E-state index in [-0.39, 0.29) is 26.2 Å². The van der Waals surface area contributed by atoms with Crippen molar-refractivity contribution in [2.24, 2.45) is 0 Å². The van der Waals surface area contributed by atoms with E-state index in [0.29, 0.717) is 17.5 Å². The molecule has 2 N–H and O–H groups in total. The molecule has 0 spiro atoms. The summed E-state index contributed by atoms with van der Waals surface area (Å²) >= 11 is 0. The highest BCUT2D eigenvalue weighted by atomic mass is 16.6. The third-order valence-corrected chi connectivity index (χ3v) is 5.64. The number of benzene rings is 1. The van der Waals surface area contributed by atoms with Gasteiger partial charge in [-0.3, -0.25) is 4.79 Å². The quantitative estimate of drug-likeness (QED) is 0.298. The van der Waals surface area contributed by atoms with Crippen LogP contribution >= 0.6 is 0 Å². The maximum Gasteiger partial charge on any atom is 0.408 e. The maximum atomic E-state index is 13.4. The highest BCUT2D eigenvalue weighted by molar-refractivity contribution is 5.89. The van der Waals surface area contributed by atoms with Crippen LogP contribution in [0.15, 0.2) is 54.7 Å². The molecule has 0 saturated heterocycles. The molecule has 0 radical (unpaired) electrons. The molecule has 2 amide bonds. The normalized spacial score (nSPS) is 12.9. The Labute approximate surface area is 239 Å². The second kappa shape index (κ2) is 14.1. The number of pyridine rings is 1. The maximum absolute atomic E-state index is 13.4. The smallest absolute Gasteiger partial charge is 0.408 e. The van der Waals surface area contributed by atoms with E-state index in [1.165, 1.54) is 4.68 Å². The van der Waals surface area contributed by atoms with Gasteiger partial charge in [-0.2, -0.15) is 0 Å². The number of carbonyl (C=O) groups is 2. The fourth-order valence-electron chi connectivity index (χ4n) is 3.64. The summed E-state index contributed by atoms with van der Waals surface area (Å²) in [7, 11) is 0. The number of alkyl carbamates (subject to hydrolysis) is 1. The standard InChI is InChI=1S/C28H36N8O5/c1-27(2,3)41-26(38)32-28(4,5)25(37)31-22(15-17-39-21-12-8-7-9-13-21)24-33-34-35-36(24)20(18-29-6)19-40-23-14-10-11-16-30-23/h7-14,16,20,22H,15,17-19H2,1-5H3,(H,31,37)(H,32,38)/t20-,22-/m1/s1. The molecule has 0 saturated carbocycles. The van der Waals surface area contributed by atoms with E-state index >= 15 is 0 Å². The van der Waals surface area contributed by atoms with Crippen LogP contribution in [0.25, 0.3) is 4.85 Å². The average Bonchev–Trinajstić information content (AvgIpc) is 3.40. The van der Waals surface area contributed by atoms with Crippen molar-refractivity contribution in [3.05, 3.63) is 72.0 Å². The van der Waals surface area contributed by atoms with Crippen LogP contribution in [0.1, 0.15) is 58.9 Å². The van der Waals surface area contributed by atoms with Gasteiger partial charge in [-0.25, -0.2) is 21.0 Å². The zero-order valence-electron chi connectivity index (χ0n) is 23.9. The zero-order valence-corrected chi connectivity index (χ0v) is 23.9. The highest BCUT2D eigenvalue weighted by Gasteiger charge is 2.35. The van der Waals surface area contributed by atoms with E-state index in [4.69, 9.17) is 20.8 Å². The molecule has 3 aromatic rings. The van der Waals surface area contributed by atoms with E-state index in [1.54, 1.807) is 59.0 Å². The molecule has 2 aromatic heterocycles. The minimum Gasteiger partial charge on any atom is -0.494 e. The Morgan fingerprint density at radius 2 is 1.78 bits per heavy atom. The van der Waals surface area contributed by atoms with Crippen LogP contribution in [0, 0.1) is 6.57 Å². The molecule has 0 bridgehead atoms. The van der Waals surface area contributed by atoms with Crippen LogP contribution in [-0.2, 0) is 9.53 Å². The van der Waals surface area contributed by atoms with Crippen LogP contribution < -0.4 is 20.1 Å². The first kappa shape index (κ1) is 30.8. The van der Waals surface area contributed by atoms with Gasteiger partial charge in [0.1, 0.15) is 23.5 Å². The third kappa shape index (κ3) is 9.75. The Kier molecular flexibility index (Phi) is 10.6. The van der Waals surface area contributed by atoms with Gasteiger partial charge in [0.25, 0.3) is 0 Å². The predicted molar refractivity (Wildman–Crippen MR) is 149 cm³/mol. The molecule has 0 aliphatic heterocycles. The van der Waals surface area contributed by atoms with Gasteiger partial charge < -0.3 is 29.7 Å². The van der Waals surface area contributed by atoms with Gasteiger partial charge in [0.2, 0.25) is 18.3 Å². The molecular weight excluding hydrogens is 528 g/mol. The molecule has 1 aromatic carbocycles. The Hall–Kier alpha value is -4.73. The number of nitrogens with one attached hydrogen (secondary N) is 2. The molecule has 2 heterocycles. The SMILES string of the molecule is [C-]#[N+]C[C@H](COc1ccccn1)n1nnnc1[C@@H](CCOc1ccccc1)NC(=O)C(C)(C)NC(=O)OC(C)(C)C. The van der Waals surface area contributed by atoms with Gasteiger partial charge in [-0.05, 0) is 63.2 Å². The van der Waals surface area contributed by atoms with Gasteiger partial charge in [0, 0.05) is 18.7 Å². The molecule has 0 aliphatic carbocycles. The number of nitrogens with zero attached hydrogens (tertiary/aromatic N) is 6. The summed E-state index contributed by atoms with van der Waals surface area (Å²) in [6, 6.07) is 13.2. The summed E-state index contributed by atoms with van der Waals surface area (Å²) in [5, 5.41) is 17.7. The van der Waals surface area contributed by atoms with Crippen LogP contribution in [0.5, 0.6) is 11.6 Å². The Morgan fingerprint density at radius 1 is 1.05 bits per heavy atom. The molecular formula is C28H36N8O5. The summed E-state index contributed by atoms with van der Waals surface area (Å²) in [4.78, 5) is 33.5. The van der Waals surface area contributed by atoms with Gasteiger partial charge >= 0.3 is 6.09 Å². The van der Waals surface area contributed by atoms with Gasteiger partial charge in [0.05, 0.1) is 12.6 Å². The number of para-hydroxylation sites is 1. The highest BCUT2D eigenvalue weighted by Crippen LogP contribution is 2.21. The van der Waals surface area contributed by atoms with Crippen LogP contribution in [0.4, 0.5) is 4.79 Å². The summed E-state index contributed by atoms with van der Waals surface area (Å²) in [6.07, 6.45) is 1.16. The Balaban J connectivity index is 1.82. The number of amides is 2. The van der Waals surface area contributed by atoms with Gasteiger partial charge in [-0.15, -0.1) is 5.10 Å². The third-order valence-electron chi connectivity index (χ3n) is 5.64. The summed E-state index contributed by atoms with van der Waals surface area (Å²) in [6.45, 7) is 16.1. The first-order valence-corrected chi connectivity index (χ1v) is 13.1. The number of ether oxygens (including phenoxy) is 3. The summed E-state index contributed by atoms with van der Waals surface area (Å²) in [5.41, 5.74) is -2.07. The average molecular weight is 565 g/mol. The fraction of sp³-hybridized carbons (Fsp3) is 0.464. The monoisotopic (exact) mass is 564 g/mol. The van der Waals surface area contributed by atoms with Crippen molar-refractivity contribution in [1.29, 1.82) is 0 Å². The lowest BCUT2D eigenvalue weighted by Crippen LogP contribution is -2.56. The molecule has 0 unspecified atom stereocenters. The van der Waals surface area contributed by atoms with Crippen LogP contribution in [-0.4, -0.2) is 68.1 Å². The molecule has 0 fully saturated rings. The number of aromatic nitrogens is 5. The molecule has 3 rings (SSSR count). The molecule has 2 atom stereocenters. The van der Waals surface area contributed by atoms with Crippen molar-refractivity contribution in [1.82, 2.24) is 35.8 Å². The first-order chi connectivity index (χ1) is 19.5. The number of carbonyl (C=O) groups excluding carboxylic acids is 2. The van der Waals surface area contributed by atoms with Crippen molar-refractivity contribution in [3.8, 4) is 11.6 Å². The Morgan fingerprint density at radius 3 is 2.44 bits per heavy atom. The molecule has 13 nitrogen and oxygen atoms in total. The minimum absolute atomic E-state index is 0.0255. The lowest BCUT2D eigenvalue weighted by atomic mass is 10.0. The topological polar surface area (TPSA) is 147 Å². The van der Waals surface area contributed by atoms with E-state index in [1.807, 2.05) is 30.3 Å². The fourth-order valence-corrected chi connectivity index (χ4v) is 3.64. The van der Waals surface area contributed by atoms with Gasteiger partial charge in [-0.1, -0.05) is 24.3 Å². The van der Waals surface area contributed by atoms with Crippen LogP contribution in [0.2, 0.25) is 0 Å². The van der Waals surface area contributed by atoms with Crippen LogP contribution in [0.3, 0.4) is 0 Å². The van der Waals surface area contributed by atoms with E-state index < -0.39 is 35.2 Å². The largest absolute Gasteiger partial charge is 0.494 e.